The highest BCUT2D eigenvalue weighted by atomic mass is 16.5. The lowest BCUT2D eigenvalue weighted by atomic mass is 10.0. The quantitative estimate of drug-likeness (QED) is 0.727. The van der Waals surface area contributed by atoms with Crippen molar-refractivity contribution in [1.82, 2.24) is 0 Å². The fraction of sp³-hybridized carbons (Fsp3) is 0.278. The first kappa shape index (κ1) is 14.3. The second-order valence-electron chi connectivity index (χ2n) is 5.46. The van der Waals surface area contributed by atoms with Crippen molar-refractivity contribution in [1.29, 1.82) is 0 Å². The molecule has 2 aromatic rings. The molecule has 0 atom stereocenters. The molecule has 0 saturated heterocycles. The molecule has 0 N–H and O–H groups in total. The van der Waals surface area contributed by atoms with Gasteiger partial charge in [-0.2, -0.15) is 0 Å². The van der Waals surface area contributed by atoms with Crippen LogP contribution in [0.3, 0.4) is 0 Å². The molecule has 2 heteroatoms. The van der Waals surface area contributed by atoms with Crippen LogP contribution in [-0.2, 0) is 0 Å². The zero-order chi connectivity index (χ0) is 14.7. The van der Waals surface area contributed by atoms with Gasteiger partial charge in [-0.05, 0) is 49.1 Å². The molecule has 0 aliphatic carbocycles. The van der Waals surface area contributed by atoms with E-state index in [0.717, 1.165) is 28.7 Å². The Labute approximate surface area is 120 Å². The third-order valence-corrected chi connectivity index (χ3v) is 3.30. The maximum Gasteiger partial charge on any atom is 0.153 e. The number of carbonyl (C=O) groups is 1. The Bertz CT molecular complexity index is 627. The molecule has 0 aliphatic heterocycles. The number of rotatable bonds is 4. The number of aryl methyl sites for hydroxylation is 2. The Morgan fingerprint density at radius 1 is 0.950 bits per heavy atom. The molecular formula is C18H20O2. The van der Waals surface area contributed by atoms with Crippen LogP contribution < -0.4 is 4.74 Å². The molecule has 0 saturated carbocycles. The molecule has 2 rings (SSSR count). The highest BCUT2D eigenvalue weighted by Gasteiger charge is 2.11. The minimum Gasteiger partial charge on any atom is -0.456 e. The molecular weight excluding hydrogens is 248 g/mol. The smallest absolute Gasteiger partial charge is 0.153 e. The van der Waals surface area contributed by atoms with E-state index >= 15 is 0 Å². The molecule has 0 bridgehead atoms. The van der Waals surface area contributed by atoms with Crippen molar-refractivity contribution in [2.75, 3.05) is 0 Å². The summed E-state index contributed by atoms with van der Waals surface area (Å²) < 4.78 is 6.00. The van der Waals surface area contributed by atoms with Crippen molar-refractivity contribution >= 4 is 6.29 Å². The van der Waals surface area contributed by atoms with E-state index in [2.05, 4.69) is 26.0 Å². The van der Waals surface area contributed by atoms with Gasteiger partial charge < -0.3 is 4.74 Å². The van der Waals surface area contributed by atoms with E-state index < -0.39 is 0 Å². The molecule has 0 unspecified atom stereocenters. The summed E-state index contributed by atoms with van der Waals surface area (Å²) in [5.74, 6) is 1.81. The van der Waals surface area contributed by atoms with Gasteiger partial charge in [-0.25, -0.2) is 0 Å². The van der Waals surface area contributed by atoms with E-state index in [1.54, 1.807) is 0 Å². The van der Waals surface area contributed by atoms with Gasteiger partial charge in [-0.3, -0.25) is 4.79 Å². The largest absolute Gasteiger partial charge is 0.456 e. The van der Waals surface area contributed by atoms with Gasteiger partial charge in [0.1, 0.15) is 11.5 Å². The average molecular weight is 268 g/mol. The molecule has 20 heavy (non-hydrogen) atoms. The van der Waals surface area contributed by atoms with Crippen molar-refractivity contribution in [3.8, 4) is 11.5 Å². The van der Waals surface area contributed by atoms with E-state index in [9.17, 15) is 4.79 Å². The van der Waals surface area contributed by atoms with Gasteiger partial charge in [0, 0.05) is 0 Å². The van der Waals surface area contributed by atoms with Crippen molar-refractivity contribution in [3.05, 3.63) is 58.7 Å². The first-order valence-electron chi connectivity index (χ1n) is 6.85. The molecule has 0 fully saturated rings. The molecule has 2 nitrogen and oxygen atoms in total. The van der Waals surface area contributed by atoms with E-state index in [1.807, 2.05) is 38.1 Å². The van der Waals surface area contributed by atoms with Crippen molar-refractivity contribution in [2.45, 2.75) is 33.6 Å². The second-order valence-corrected chi connectivity index (χ2v) is 5.46. The average Bonchev–Trinajstić information content (AvgIpc) is 2.40. The Morgan fingerprint density at radius 3 is 2.25 bits per heavy atom. The first-order chi connectivity index (χ1) is 9.51. The van der Waals surface area contributed by atoms with Crippen LogP contribution in [-0.4, -0.2) is 6.29 Å². The molecule has 0 aromatic heterocycles. The fourth-order valence-corrected chi connectivity index (χ4v) is 2.18. The minimum absolute atomic E-state index is 0.371. The Hall–Kier alpha value is -2.09. The SMILES string of the molecule is Cc1ccc(Oc2cc(C)ccc2C(C)C)c(C=O)c1. The van der Waals surface area contributed by atoms with Crippen LogP contribution in [0, 0.1) is 13.8 Å². The van der Waals surface area contributed by atoms with Crippen molar-refractivity contribution < 1.29 is 9.53 Å². The van der Waals surface area contributed by atoms with Crippen LogP contribution in [0.1, 0.15) is 46.8 Å². The van der Waals surface area contributed by atoms with E-state index in [1.165, 1.54) is 0 Å². The summed E-state index contributed by atoms with van der Waals surface area (Å²) in [6, 6.07) is 11.8. The molecule has 0 heterocycles. The fourth-order valence-electron chi connectivity index (χ4n) is 2.18. The summed E-state index contributed by atoms with van der Waals surface area (Å²) >= 11 is 0. The predicted molar refractivity (Wildman–Crippen MR) is 81.9 cm³/mol. The summed E-state index contributed by atoms with van der Waals surface area (Å²) in [6.45, 7) is 8.26. The van der Waals surface area contributed by atoms with Gasteiger partial charge >= 0.3 is 0 Å². The van der Waals surface area contributed by atoms with Crippen LogP contribution in [0.5, 0.6) is 11.5 Å². The van der Waals surface area contributed by atoms with Crippen LogP contribution in [0.2, 0.25) is 0 Å². The number of aldehydes is 1. The molecule has 0 amide bonds. The molecule has 0 spiro atoms. The summed E-state index contributed by atoms with van der Waals surface area (Å²) in [5.41, 5.74) is 3.92. The Balaban J connectivity index is 2.44. The zero-order valence-corrected chi connectivity index (χ0v) is 12.4. The number of hydrogen-bond acceptors (Lipinski definition) is 2. The van der Waals surface area contributed by atoms with Gasteiger partial charge in [0.25, 0.3) is 0 Å². The minimum atomic E-state index is 0.371. The standard InChI is InChI=1S/C18H20O2/c1-12(2)16-7-5-14(4)10-18(16)20-17-8-6-13(3)9-15(17)11-19/h5-12H,1-4H3. The maximum atomic E-state index is 11.2. The third kappa shape index (κ3) is 3.08. The topological polar surface area (TPSA) is 26.3 Å². The molecule has 104 valence electrons. The lowest BCUT2D eigenvalue weighted by Gasteiger charge is -2.15. The van der Waals surface area contributed by atoms with Gasteiger partial charge in [0.2, 0.25) is 0 Å². The van der Waals surface area contributed by atoms with Gasteiger partial charge in [0.15, 0.2) is 6.29 Å². The molecule has 0 aliphatic rings. The zero-order valence-electron chi connectivity index (χ0n) is 12.4. The van der Waals surface area contributed by atoms with E-state index in [-0.39, 0.29) is 0 Å². The number of benzene rings is 2. The Morgan fingerprint density at radius 2 is 1.60 bits per heavy atom. The van der Waals surface area contributed by atoms with Crippen LogP contribution in [0.25, 0.3) is 0 Å². The van der Waals surface area contributed by atoms with Crippen molar-refractivity contribution in [3.63, 3.8) is 0 Å². The maximum absolute atomic E-state index is 11.2. The lowest BCUT2D eigenvalue weighted by molar-refractivity contribution is 0.112. The summed E-state index contributed by atoms with van der Waals surface area (Å²) in [5, 5.41) is 0. The molecule has 2 aromatic carbocycles. The van der Waals surface area contributed by atoms with E-state index in [4.69, 9.17) is 4.74 Å². The third-order valence-electron chi connectivity index (χ3n) is 3.30. The summed E-state index contributed by atoms with van der Waals surface area (Å²) in [4.78, 5) is 11.2. The highest BCUT2D eigenvalue weighted by Crippen LogP contribution is 2.32. The first-order valence-corrected chi connectivity index (χ1v) is 6.85. The molecule has 0 radical (unpaired) electrons. The summed E-state index contributed by atoms with van der Waals surface area (Å²) in [7, 11) is 0. The number of hydrogen-bond donors (Lipinski definition) is 0. The predicted octanol–water partition coefficient (Wildman–Crippen LogP) is 5.03. The Kier molecular flexibility index (Phi) is 4.23. The van der Waals surface area contributed by atoms with Crippen molar-refractivity contribution in [2.24, 2.45) is 0 Å². The van der Waals surface area contributed by atoms with Gasteiger partial charge in [-0.1, -0.05) is 37.6 Å². The highest BCUT2D eigenvalue weighted by molar-refractivity contribution is 5.80. The lowest BCUT2D eigenvalue weighted by Crippen LogP contribution is -1.97. The normalized spacial score (nSPS) is 10.7. The summed E-state index contributed by atoms with van der Waals surface area (Å²) in [6.07, 6.45) is 0.840. The second kappa shape index (κ2) is 5.91. The van der Waals surface area contributed by atoms with Gasteiger partial charge in [-0.15, -0.1) is 0 Å². The van der Waals surface area contributed by atoms with Gasteiger partial charge in [0.05, 0.1) is 5.56 Å². The number of ether oxygens (including phenoxy) is 1. The van der Waals surface area contributed by atoms with Crippen LogP contribution >= 0.6 is 0 Å². The number of carbonyl (C=O) groups excluding carboxylic acids is 1. The monoisotopic (exact) mass is 268 g/mol. The van der Waals surface area contributed by atoms with Crippen LogP contribution in [0.4, 0.5) is 0 Å². The van der Waals surface area contributed by atoms with E-state index in [0.29, 0.717) is 17.2 Å². The van der Waals surface area contributed by atoms with Crippen LogP contribution in [0.15, 0.2) is 36.4 Å².